The third-order valence-electron chi connectivity index (χ3n) is 10.8. The molecule has 17 heteroatoms. The number of carboxylic acid groups (broad SMARTS) is 2. The Morgan fingerprint density at radius 3 is 1.51 bits per heavy atom. The number of aromatic nitrogens is 2. The van der Waals surface area contributed by atoms with Crippen molar-refractivity contribution in [2.75, 3.05) is 23.7 Å². The molecular formula is C46H63ClN6O8S2. The minimum absolute atomic E-state index is 0.0761. The van der Waals surface area contributed by atoms with Crippen molar-refractivity contribution in [3.05, 3.63) is 107 Å². The first-order valence-corrected chi connectivity index (χ1v) is 25.8. The van der Waals surface area contributed by atoms with E-state index >= 15 is 0 Å². The molecule has 1 unspecified atom stereocenters. The number of carboxylic acids is 2. The molecule has 0 saturated heterocycles. The van der Waals surface area contributed by atoms with Crippen LogP contribution in [0.5, 0.6) is 0 Å². The lowest BCUT2D eigenvalue weighted by molar-refractivity contribution is -0.139. The Balaban J connectivity index is 0.000000235. The largest absolute Gasteiger partial charge is 0.480 e. The molecule has 6 rings (SSSR count). The summed E-state index contributed by atoms with van der Waals surface area (Å²) in [5.74, 6) is 0.0616. The second-order valence-corrected chi connectivity index (χ2v) is 20.1. The van der Waals surface area contributed by atoms with Gasteiger partial charge in [0.2, 0.25) is 10.0 Å². The Labute approximate surface area is 377 Å². The van der Waals surface area contributed by atoms with E-state index < -0.39 is 43.1 Å². The summed E-state index contributed by atoms with van der Waals surface area (Å²) in [5.41, 5.74) is 10.4. The fourth-order valence-corrected chi connectivity index (χ4v) is 9.23. The molecule has 344 valence electrons. The number of pyridine rings is 2. The number of halogens is 1. The molecule has 0 spiro atoms. The number of aliphatic carboxylic acids is 2. The number of fused-ring (bicyclic) bond motifs is 2. The van der Waals surface area contributed by atoms with Crippen LogP contribution in [0, 0.1) is 0 Å². The summed E-state index contributed by atoms with van der Waals surface area (Å²) < 4.78 is 48.2. The molecule has 4 heterocycles. The highest BCUT2D eigenvalue weighted by atomic mass is 35.7. The molecule has 0 fully saturated rings. The predicted molar refractivity (Wildman–Crippen MR) is 248 cm³/mol. The molecule has 0 bridgehead atoms. The highest BCUT2D eigenvalue weighted by molar-refractivity contribution is 8.13. The van der Waals surface area contributed by atoms with Gasteiger partial charge in [0.05, 0.1) is 9.79 Å². The molecule has 0 saturated carbocycles. The number of hydrogen-bond acceptors (Lipinski definition) is 11. The van der Waals surface area contributed by atoms with Crippen LogP contribution < -0.4 is 21.1 Å². The van der Waals surface area contributed by atoms with E-state index in [9.17, 15) is 31.5 Å². The number of sulfonamides is 1. The van der Waals surface area contributed by atoms with E-state index in [4.69, 9.17) is 31.5 Å². The van der Waals surface area contributed by atoms with Crippen LogP contribution in [0.4, 0.5) is 11.6 Å². The van der Waals surface area contributed by atoms with Gasteiger partial charge in [-0.25, -0.2) is 26.8 Å². The van der Waals surface area contributed by atoms with E-state index in [2.05, 4.69) is 39.6 Å². The third kappa shape index (κ3) is 19.0. The van der Waals surface area contributed by atoms with Gasteiger partial charge < -0.3 is 26.6 Å². The Hall–Kier alpha value is -4.61. The Kier molecular flexibility index (Phi) is 21.8. The van der Waals surface area contributed by atoms with E-state index in [1.165, 1.54) is 47.5 Å². The molecular weight excluding hydrogens is 864 g/mol. The highest BCUT2D eigenvalue weighted by Gasteiger charge is 2.25. The lowest BCUT2D eigenvalue weighted by Crippen LogP contribution is -2.40. The molecule has 0 aliphatic carbocycles. The number of aryl methyl sites for hydroxylation is 4. The van der Waals surface area contributed by atoms with Crippen LogP contribution in [0.25, 0.3) is 0 Å². The van der Waals surface area contributed by atoms with Crippen molar-refractivity contribution in [3.8, 4) is 0 Å². The monoisotopic (exact) mass is 926 g/mol. The maximum atomic E-state index is 12.4. The van der Waals surface area contributed by atoms with Gasteiger partial charge in [-0.05, 0) is 112 Å². The first kappa shape index (κ1) is 51.0. The predicted octanol–water partition coefficient (Wildman–Crippen LogP) is 8.10. The maximum absolute atomic E-state index is 12.4. The maximum Gasteiger partial charge on any atom is 0.321 e. The molecule has 2 aliphatic heterocycles. The quantitative estimate of drug-likeness (QED) is 0.0324. The van der Waals surface area contributed by atoms with Gasteiger partial charge in [-0.1, -0.05) is 99.9 Å². The van der Waals surface area contributed by atoms with Crippen molar-refractivity contribution < 1.29 is 36.6 Å². The number of hydrogen-bond donors (Lipinski definition) is 6. The van der Waals surface area contributed by atoms with Crippen LogP contribution in [-0.2, 0) is 54.3 Å². The average Bonchev–Trinajstić information content (AvgIpc) is 3.28. The molecule has 0 amide bonds. The van der Waals surface area contributed by atoms with E-state index in [1.807, 2.05) is 0 Å². The fourth-order valence-electron chi connectivity index (χ4n) is 7.20. The van der Waals surface area contributed by atoms with Crippen LogP contribution in [0.1, 0.15) is 112 Å². The molecule has 63 heavy (non-hydrogen) atoms. The van der Waals surface area contributed by atoms with Gasteiger partial charge in [-0.2, -0.15) is 4.72 Å². The van der Waals surface area contributed by atoms with Gasteiger partial charge >= 0.3 is 11.9 Å². The minimum Gasteiger partial charge on any atom is -0.480 e. The molecule has 2 aliphatic rings. The van der Waals surface area contributed by atoms with Crippen molar-refractivity contribution in [1.29, 1.82) is 0 Å². The van der Waals surface area contributed by atoms with Gasteiger partial charge in [0.15, 0.2) is 0 Å². The molecule has 14 nitrogen and oxygen atoms in total. The lowest BCUT2D eigenvalue weighted by atomic mass is 10.0. The average molecular weight is 928 g/mol. The van der Waals surface area contributed by atoms with Crippen molar-refractivity contribution >= 4 is 53.3 Å². The summed E-state index contributed by atoms with van der Waals surface area (Å²) in [5, 5.41) is 24.8. The highest BCUT2D eigenvalue weighted by Crippen LogP contribution is 2.22. The molecule has 2 atom stereocenters. The number of carbonyl (C=O) groups is 2. The second kappa shape index (κ2) is 26.9. The second-order valence-electron chi connectivity index (χ2n) is 15.8. The number of benzene rings is 2. The number of nitrogens with zero attached hydrogens (tertiary/aromatic N) is 2. The lowest BCUT2D eigenvalue weighted by Gasteiger charge is -2.17. The number of nitrogens with two attached hydrogens (primary N) is 1. The van der Waals surface area contributed by atoms with Crippen molar-refractivity contribution in [2.24, 2.45) is 5.73 Å². The standard InChI is InChI=1S/C23H31N3O4S.C17H27N3O2.C6H5ClO2S/c27-23(28)21(26-31(29,30)20-12-6-4-7-13-20)14-8-3-1-2-5-11-19-16-15-18-10-9-17-24-22(18)25-19;18-15(17(21)22)9-5-3-1-2-4-8-14-11-10-13-7-6-12-19-16(13)20-14;7-10(8,9)6-4-2-1-3-5-6/h4,6-7,12-13,15-16,21,26H,1-3,5,8-11,14,17H2,(H,24,25)(H,27,28);10-11,15H,1-9,12,18H2,(H,19,20)(H,21,22);1-5H/t;15-;/m.0./s1. The Bertz CT molecular complexity index is 2240. The van der Waals surface area contributed by atoms with E-state index in [0.717, 1.165) is 120 Å². The summed E-state index contributed by atoms with van der Waals surface area (Å²) in [6, 6.07) is 22.5. The molecule has 2 aromatic carbocycles. The van der Waals surface area contributed by atoms with E-state index in [-0.39, 0.29) is 16.2 Å². The Morgan fingerprint density at radius 2 is 1.06 bits per heavy atom. The van der Waals surface area contributed by atoms with Crippen LogP contribution in [0.15, 0.2) is 94.7 Å². The summed E-state index contributed by atoms with van der Waals surface area (Å²) in [6.07, 6.45) is 17.4. The first-order valence-electron chi connectivity index (χ1n) is 22.0. The van der Waals surface area contributed by atoms with Crippen LogP contribution in [-0.4, -0.2) is 74.1 Å². The zero-order valence-electron chi connectivity index (χ0n) is 35.9. The van der Waals surface area contributed by atoms with Crippen LogP contribution in [0.3, 0.4) is 0 Å². The van der Waals surface area contributed by atoms with Gasteiger partial charge in [-0.3, -0.25) is 9.59 Å². The number of unbranched alkanes of at least 4 members (excludes halogenated alkanes) is 8. The van der Waals surface area contributed by atoms with Gasteiger partial charge in [0, 0.05) is 35.2 Å². The first-order chi connectivity index (χ1) is 30.2. The molecule has 2 aromatic heterocycles. The van der Waals surface area contributed by atoms with Crippen molar-refractivity contribution in [3.63, 3.8) is 0 Å². The number of anilines is 2. The van der Waals surface area contributed by atoms with Gasteiger partial charge in [0.1, 0.15) is 23.7 Å². The van der Waals surface area contributed by atoms with Crippen LogP contribution in [0.2, 0.25) is 0 Å². The minimum atomic E-state index is -3.84. The summed E-state index contributed by atoms with van der Waals surface area (Å²) in [7, 11) is -2.34. The summed E-state index contributed by atoms with van der Waals surface area (Å²) in [6.45, 7) is 2.02. The Morgan fingerprint density at radius 1 is 0.619 bits per heavy atom. The zero-order valence-corrected chi connectivity index (χ0v) is 38.3. The van der Waals surface area contributed by atoms with E-state index in [1.54, 1.807) is 36.4 Å². The number of nitrogens with one attached hydrogen (secondary N) is 3. The SMILES string of the molecule is N[C@@H](CCCCCCCc1ccc2c(n1)NCCC2)C(=O)O.O=C(O)C(CCCCCCCc1ccc2c(n1)NCCC2)NS(=O)(=O)c1ccccc1.O=S(=O)(Cl)c1ccccc1. The van der Waals surface area contributed by atoms with Gasteiger partial charge in [-0.15, -0.1) is 0 Å². The van der Waals surface area contributed by atoms with Crippen molar-refractivity contribution in [1.82, 2.24) is 14.7 Å². The summed E-state index contributed by atoms with van der Waals surface area (Å²) in [4.78, 5) is 31.7. The fraction of sp³-hybridized carbons (Fsp3) is 0.478. The zero-order chi connectivity index (χ0) is 45.5. The number of rotatable bonds is 22. The molecule has 0 radical (unpaired) electrons. The molecule has 4 aromatic rings. The normalized spacial score (nSPS) is 14.1. The van der Waals surface area contributed by atoms with Gasteiger partial charge in [0.25, 0.3) is 9.05 Å². The van der Waals surface area contributed by atoms with Crippen molar-refractivity contribution in [2.45, 2.75) is 137 Å². The van der Waals surface area contributed by atoms with Crippen LogP contribution >= 0.6 is 10.7 Å². The topological polar surface area (TPSA) is 231 Å². The molecule has 7 N–H and O–H groups in total. The smallest absolute Gasteiger partial charge is 0.321 e. The van der Waals surface area contributed by atoms with E-state index in [0.29, 0.717) is 12.8 Å². The third-order valence-corrected chi connectivity index (χ3v) is 13.6. The summed E-state index contributed by atoms with van der Waals surface area (Å²) >= 11 is 0.